The molecule has 0 spiro atoms. The van der Waals surface area contributed by atoms with E-state index < -0.39 is 0 Å². The first-order valence-electron chi connectivity index (χ1n) is 15.4. The van der Waals surface area contributed by atoms with Gasteiger partial charge in [0.05, 0.1) is 0 Å². The summed E-state index contributed by atoms with van der Waals surface area (Å²) in [6.45, 7) is 17.5. The topological polar surface area (TPSA) is 47.5 Å². The van der Waals surface area contributed by atoms with Gasteiger partial charge in [-0.2, -0.15) is 0 Å². The number of pyridine rings is 2. The second-order valence-corrected chi connectivity index (χ2v) is 13.3. The molecule has 2 saturated heterocycles. The SMILES string of the molecule is CC(C)c1ccc(C[C@H](C)c2ccc(C[C@H](C)c3cccc(Br)c3)nc2N2CCN(C)CC2)nc1N1CCNCC1. The minimum atomic E-state index is 0.321. The van der Waals surface area contributed by atoms with Crippen LogP contribution in [0.25, 0.3) is 0 Å². The molecule has 220 valence electrons. The summed E-state index contributed by atoms with van der Waals surface area (Å²) in [5.74, 6) is 3.53. The molecule has 2 atom stereocenters. The standard InChI is InChI=1S/C34H47BrN6/c1-24(2)31-11-9-30(37-33(31)40-15-13-36-14-16-40)22-26(4)32-12-10-29(21-25(3)27-7-6-8-28(35)23-27)38-34(32)41-19-17-39(5)18-20-41/h6-12,23-26,36H,13-22H2,1-5H3/t25-,26-/m0/s1. The molecule has 1 N–H and O–H groups in total. The van der Waals surface area contributed by atoms with E-state index in [1.54, 1.807) is 0 Å². The highest BCUT2D eigenvalue weighted by Crippen LogP contribution is 2.33. The second-order valence-electron chi connectivity index (χ2n) is 12.4. The van der Waals surface area contributed by atoms with Gasteiger partial charge >= 0.3 is 0 Å². The lowest BCUT2D eigenvalue weighted by Crippen LogP contribution is -2.45. The van der Waals surface area contributed by atoms with Crippen LogP contribution in [0.15, 0.2) is 53.0 Å². The highest BCUT2D eigenvalue weighted by Gasteiger charge is 2.24. The van der Waals surface area contributed by atoms with Crippen LogP contribution in [-0.4, -0.2) is 74.3 Å². The Labute approximate surface area is 255 Å². The van der Waals surface area contributed by atoms with Crippen LogP contribution in [0.1, 0.15) is 73.5 Å². The summed E-state index contributed by atoms with van der Waals surface area (Å²) < 4.78 is 1.13. The van der Waals surface area contributed by atoms with E-state index >= 15 is 0 Å². The Balaban J connectivity index is 1.41. The normalized spacial score (nSPS) is 18.1. The number of halogens is 1. The Morgan fingerprint density at radius 3 is 1.95 bits per heavy atom. The van der Waals surface area contributed by atoms with E-state index in [4.69, 9.17) is 9.97 Å². The van der Waals surface area contributed by atoms with Gasteiger partial charge in [-0.05, 0) is 78.6 Å². The van der Waals surface area contributed by atoms with Crippen molar-refractivity contribution in [3.8, 4) is 0 Å². The number of benzene rings is 1. The van der Waals surface area contributed by atoms with Crippen LogP contribution in [0.4, 0.5) is 11.6 Å². The number of piperazine rings is 2. The second kappa shape index (κ2) is 13.7. The highest BCUT2D eigenvalue weighted by molar-refractivity contribution is 9.10. The molecule has 5 rings (SSSR count). The van der Waals surface area contributed by atoms with Crippen LogP contribution in [-0.2, 0) is 12.8 Å². The molecule has 6 nitrogen and oxygen atoms in total. The van der Waals surface area contributed by atoms with Gasteiger partial charge in [-0.3, -0.25) is 0 Å². The zero-order chi connectivity index (χ0) is 28.9. The van der Waals surface area contributed by atoms with Gasteiger partial charge in [0.15, 0.2) is 0 Å². The van der Waals surface area contributed by atoms with E-state index in [0.717, 1.165) is 69.7 Å². The molecule has 2 aliphatic heterocycles. The fourth-order valence-corrected chi connectivity index (χ4v) is 6.55. The molecule has 0 saturated carbocycles. The van der Waals surface area contributed by atoms with Gasteiger partial charge < -0.3 is 20.0 Å². The maximum Gasteiger partial charge on any atom is 0.132 e. The summed E-state index contributed by atoms with van der Waals surface area (Å²) in [4.78, 5) is 18.0. The first kappa shape index (κ1) is 30.0. The summed E-state index contributed by atoms with van der Waals surface area (Å²) >= 11 is 3.64. The van der Waals surface area contributed by atoms with Crippen LogP contribution >= 0.6 is 15.9 Å². The molecule has 7 heteroatoms. The van der Waals surface area contributed by atoms with Crippen molar-refractivity contribution in [2.45, 2.75) is 58.3 Å². The van der Waals surface area contributed by atoms with Crippen molar-refractivity contribution < 1.29 is 0 Å². The molecule has 4 heterocycles. The average Bonchev–Trinajstić information content (AvgIpc) is 2.98. The van der Waals surface area contributed by atoms with E-state index in [9.17, 15) is 0 Å². The number of rotatable bonds is 9. The Morgan fingerprint density at radius 2 is 1.32 bits per heavy atom. The van der Waals surface area contributed by atoms with Crippen molar-refractivity contribution in [3.63, 3.8) is 0 Å². The van der Waals surface area contributed by atoms with Gasteiger partial charge in [-0.25, -0.2) is 9.97 Å². The zero-order valence-corrected chi connectivity index (χ0v) is 27.1. The molecule has 2 aliphatic rings. The molecule has 0 bridgehead atoms. The lowest BCUT2D eigenvalue weighted by Gasteiger charge is -2.35. The largest absolute Gasteiger partial charge is 0.354 e. The first-order chi connectivity index (χ1) is 19.8. The van der Waals surface area contributed by atoms with Crippen molar-refractivity contribution >= 4 is 27.6 Å². The molecular weight excluding hydrogens is 572 g/mol. The van der Waals surface area contributed by atoms with Gasteiger partial charge in [0.25, 0.3) is 0 Å². The fourth-order valence-electron chi connectivity index (χ4n) is 6.13. The van der Waals surface area contributed by atoms with Crippen LogP contribution in [0.3, 0.4) is 0 Å². The number of nitrogens with zero attached hydrogens (tertiary/aromatic N) is 5. The lowest BCUT2D eigenvalue weighted by molar-refractivity contribution is 0.311. The molecule has 0 aliphatic carbocycles. The van der Waals surface area contributed by atoms with Crippen molar-refractivity contribution in [2.75, 3.05) is 69.2 Å². The van der Waals surface area contributed by atoms with Crippen molar-refractivity contribution in [1.82, 2.24) is 20.2 Å². The number of hydrogen-bond acceptors (Lipinski definition) is 6. The monoisotopic (exact) mass is 618 g/mol. The van der Waals surface area contributed by atoms with Gasteiger partial charge in [0, 0.05) is 68.2 Å². The Hall–Kier alpha value is -2.48. The number of hydrogen-bond donors (Lipinski definition) is 1. The molecule has 2 aromatic heterocycles. The minimum Gasteiger partial charge on any atom is -0.354 e. The number of anilines is 2. The third-order valence-electron chi connectivity index (χ3n) is 8.75. The lowest BCUT2D eigenvalue weighted by atomic mass is 9.92. The Morgan fingerprint density at radius 1 is 0.732 bits per heavy atom. The Kier molecular flexibility index (Phi) is 9.99. The van der Waals surface area contributed by atoms with E-state index in [2.05, 4.69) is 119 Å². The van der Waals surface area contributed by atoms with E-state index in [-0.39, 0.29) is 0 Å². The smallest absolute Gasteiger partial charge is 0.132 e. The summed E-state index contributed by atoms with van der Waals surface area (Å²) in [6, 6.07) is 17.9. The molecule has 0 radical (unpaired) electrons. The maximum absolute atomic E-state index is 5.36. The fraction of sp³-hybridized carbons (Fsp3) is 0.529. The molecule has 41 heavy (non-hydrogen) atoms. The van der Waals surface area contributed by atoms with Gasteiger partial charge in [0.1, 0.15) is 11.6 Å². The summed E-state index contributed by atoms with van der Waals surface area (Å²) in [7, 11) is 2.22. The third kappa shape index (κ3) is 7.49. The van der Waals surface area contributed by atoms with E-state index in [1.807, 2.05) is 0 Å². The van der Waals surface area contributed by atoms with Crippen LogP contribution in [0.2, 0.25) is 0 Å². The molecular formula is C34H47BrN6. The van der Waals surface area contributed by atoms with Crippen molar-refractivity contribution in [3.05, 3.63) is 81.1 Å². The zero-order valence-electron chi connectivity index (χ0n) is 25.5. The number of nitrogens with one attached hydrogen (secondary N) is 1. The Bertz CT molecular complexity index is 1300. The van der Waals surface area contributed by atoms with Gasteiger partial charge in [-0.1, -0.05) is 67.9 Å². The molecule has 0 unspecified atom stereocenters. The van der Waals surface area contributed by atoms with Crippen LogP contribution in [0, 0.1) is 0 Å². The summed E-state index contributed by atoms with van der Waals surface area (Å²) in [5.41, 5.74) is 6.38. The van der Waals surface area contributed by atoms with Gasteiger partial charge in [-0.15, -0.1) is 0 Å². The summed E-state index contributed by atoms with van der Waals surface area (Å²) in [5, 5.41) is 3.48. The molecule has 3 aromatic rings. The first-order valence-corrected chi connectivity index (χ1v) is 16.2. The average molecular weight is 620 g/mol. The highest BCUT2D eigenvalue weighted by atomic mass is 79.9. The van der Waals surface area contributed by atoms with Crippen LogP contribution in [0.5, 0.6) is 0 Å². The predicted octanol–water partition coefficient (Wildman–Crippen LogP) is 6.22. The number of aromatic nitrogens is 2. The number of likely N-dealkylation sites (N-methyl/N-ethyl adjacent to an activating group) is 1. The predicted molar refractivity (Wildman–Crippen MR) is 176 cm³/mol. The maximum atomic E-state index is 5.36. The minimum absolute atomic E-state index is 0.321. The molecule has 2 fully saturated rings. The van der Waals surface area contributed by atoms with E-state index in [1.165, 1.54) is 39.7 Å². The van der Waals surface area contributed by atoms with Crippen molar-refractivity contribution in [1.29, 1.82) is 0 Å². The van der Waals surface area contributed by atoms with Crippen molar-refractivity contribution in [2.24, 2.45) is 0 Å². The van der Waals surface area contributed by atoms with E-state index in [0.29, 0.717) is 17.8 Å². The molecule has 0 amide bonds. The van der Waals surface area contributed by atoms with Crippen LogP contribution < -0.4 is 15.1 Å². The summed E-state index contributed by atoms with van der Waals surface area (Å²) in [6.07, 6.45) is 1.84. The quantitative estimate of drug-likeness (QED) is 0.307. The third-order valence-corrected chi connectivity index (χ3v) is 9.24. The van der Waals surface area contributed by atoms with Gasteiger partial charge in [0.2, 0.25) is 0 Å². The molecule has 1 aromatic carbocycles.